The van der Waals surface area contributed by atoms with Crippen LogP contribution in [0.3, 0.4) is 0 Å². The Labute approximate surface area is 97.9 Å². The first-order valence-corrected chi connectivity index (χ1v) is 6.23. The third kappa shape index (κ3) is 2.29. The second-order valence-electron chi connectivity index (χ2n) is 5.12. The van der Waals surface area contributed by atoms with Crippen LogP contribution in [0.2, 0.25) is 0 Å². The summed E-state index contributed by atoms with van der Waals surface area (Å²) in [5.41, 5.74) is 2.72. The first-order valence-electron chi connectivity index (χ1n) is 6.23. The maximum atomic E-state index is 3.34. The molecular formula is C15H21N. The minimum atomic E-state index is 0.783. The number of nitrogens with one attached hydrogen (secondary N) is 1. The molecule has 0 aliphatic rings. The molecule has 0 saturated carbocycles. The molecule has 0 aliphatic carbocycles. The van der Waals surface area contributed by atoms with Gasteiger partial charge in [0, 0.05) is 17.1 Å². The lowest BCUT2D eigenvalue weighted by Crippen LogP contribution is -2.04. The number of aryl methyl sites for hydroxylation is 1. The average Bonchev–Trinajstić information content (AvgIpc) is 2.69. The van der Waals surface area contributed by atoms with Crippen LogP contribution in [0.5, 0.6) is 0 Å². The maximum Gasteiger partial charge on any atom is 0.0456 e. The van der Waals surface area contributed by atoms with Crippen molar-refractivity contribution in [1.29, 1.82) is 0 Å². The Hall–Kier alpha value is -1.24. The van der Waals surface area contributed by atoms with E-state index in [4.69, 9.17) is 0 Å². The van der Waals surface area contributed by atoms with Crippen molar-refractivity contribution < 1.29 is 0 Å². The summed E-state index contributed by atoms with van der Waals surface area (Å²) in [5.74, 6) is 1.58. The van der Waals surface area contributed by atoms with Crippen molar-refractivity contribution in [2.45, 2.75) is 33.6 Å². The van der Waals surface area contributed by atoms with Crippen LogP contribution in [0.4, 0.5) is 0 Å². The summed E-state index contributed by atoms with van der Waals surface area (Å²) in [6.07, 6.45) is 4.63. The van der Waals surface area contributed by atoms with Crippen LogP contribution < -0.4 is 0 Å². The molecule has 86 valence electrons. The second kappa shape index (κ2) is 4.73. The Bertz CT molecular complexity index is 453. The van der Waals surface area contributed by atoms with Crippen LogP contribution >= 0.6 is 0 Å². The fraction of sp³-hybridized carbons (Fsp3) is 0.467. The Morgan fingerprint density at radius 3 is 2.62 bits per heavy atom. The number of fused-ring (bicyclic) bond motifs is 1. The summed E-state index contributed by atoms with van der Waals surface area (Å²) in [7, 11) is 0. The molecule has 1 heterocycles. The van der Waals surface area contributed by atoms with Gasteiger partial charge in [-0.1, -0.05) is 39.0 Å². The van der Waals surface area contributed by atoms with Gasteiger partial charge in [0.15, 0.2) is 0 Å². The lowest BCUT2D eigenvalue weighted by Gasteiger charge is -2.14. The fourth-order valence-electron chi connectivity index (χ4n) is 2.05. The van der Waals surface area contributed by atoms with E-state index in [2.05, 4.69) is 56.2 Å². The highest BCUT2D eigenvalue weighted by atomic mass is 14.7. The molecule has 1 unspecified atom stereocenters. The highest BCUT2D eigenvalue weighted by molar-refractivity contribution is 5.82. The van der Waals surface area contributed by atoms with Gasteiger partial charge >= 0.3 is 0 Å². The van der Waals surface area contributed by atoms with Crippen LogP contribution in [0, 0.1) is 11.8 Å². The molecule has 0 radical (unpaired) electrons. The molecular weight excluding hydrogens is 194 g/mol. The van der Waals surface area contributed by atoms with Crippen molar-refractivity contribution in [3.63, 3.8) is 0 Å². The maximum absolute atomic E-state index is 3.34. The quantitative estimate of drug-likeness (QED) is 0.778. The number of hydrogen-bond acceptors (Lipinski definition) is 0. The molecule has 0 fully saturated rings. The molecule has 1 nitrogen and oxygen atoms in total. The number of H-pyrrole nitrogens is 1. The lowest BCUT2D eigenvalue weighted by atomic mass is 9.91. The number of aromatic nitrogens is 1. The van der Waals surface area contributed by atoms with Crippen molar-refractivity contribution in [1.82, 2.24) is 4.98 Å². The van der Waals surface area contributed by atoms with Gasteiger partial charge in [0.2, 0.25) is 0 Å². The second-order valence-corrected chi connectivity index (χ2v) is 5.12. The van der Waals surface area contributed by atoms with Crippen LogP contribution in [-0.4, -0.2) is 4.98 Å². The highest BCUT2D eigenvalue weighted by Gasteiger charge is 2.09. The zero-order valence-electron chi connectivity index (χ0n) is 10.5. The van der Waals surface area contributed by atoms with Crippen molar-refractivity contribution in [2.75, 3.05) is 0 Å². The third-order valence-corrected chi connectivity index (χ3v) is 3.68. The zero-order valence-corrected chi connectivity index (χ0v) is 10.5. The molecule has 1 heteroatoms. The van der Waals surface area contributed by atoms with Gasteiger partial charge in [0.1, 0.15) is 0 Å². The van der Waals surface area contributed by atoms with Gasteiger partial charge in [0.25, 0.3) is 0 Å². The van der Waals surface area contributed by atoms with Gasteiger partial charge in [-0.3, -0.25) is 0 Å². The van der Waals surface area contributed by atoms with E-state index in [1.165, 1.54) is 29.3 Å². The minimum Gasteiger partial charge on any atom is -0.361 e. The third-order valence-electron chi connectivity index (χ3n) is 3.68. The molecule has 1 aromatic carbocycles. The van der Waals surface area contributed by atoms with E-state index >= 15 is 0 Å². The number of rotatable bonds is 4. The van der Waals surface area contributed by atoms with E-state index in [0.717, 1.165) is 11.8 Å². The molecule has 1 N–H and O–H groups in total. The van der Waals surface area contributed by atoms with E-state index in [1.807, 2.05) is 0 Å². The largest absolute Gasteiger partial charge is 0.361 e. The van der Waals surface area contributed by atoms with Gasteiger partial charge in [-0.2, -0.15) is 0 Å². The molecule has 16 heavy (non-hydrogen) atoms. The Kier molecular flexibility index (Phi) is 3.33. The van der Waals surface area contributed by atoms with Crippen LogP contribution in [0.1, 0.15) is 32.8 Å². The van der Waals surface area contributed by atoms with E-state index in [1.54, 1.807) is 0 Å². The van der Waals surface area contributed by atoms with Gasteiger partial charge in [-0.05, 0) is 36.3 Å². The van der Waals surface area contributed by atoms with Crippen molar-refractivity contribution in [2.24, 2.45) is 11.8 Å². The number of benzene rings is 1. The lowest BCUT2D eigenvalue weighted by molar-refractivity contribution is 0.393. The molecule has 0 aliphatic heterocycles. The van der Waals surface area contributed by atoms with Crippen LogP contribution in [0.15, 0.2) is 30.5 Å². The van der Waals surface area contributed by atoms with Crippen molar-refractivity contribution in [3.05, 3.63) is 36.0 Å². The van der Waals surface area contributed by atoms with Gasteiger partial charge in [0.05, 0.1) is 0 Å². The summed E-state index contributed by atoms with van der Waals surface area (Å²) < 4.78 is 0. The minimum absolute atomic E-state index is 0.783. The normalized spacial score (nSPS) is 13.5. The number of hydrogen-bond donors (Lipinski definition) is 1. The van der Waals surface area contributed by atoms with Gasteiger partial charge < -0.3 is 4.98 Å². The van der Waals surface area contributed by atoms with Gasteiger partial charge in [-0.15, -0.1) is 0 Å². The molecule has 0 bridgehead atoms. The zero-order chi connectivity index (χ0) is 11.5. The summed E-state index contributed by atoms with van der Waals surface area (Å²) >= 11 is 0. The van der Waals surface area contributed by atoms with Crippen LogP contribution in [0.25, 0.3) is 10.9 Å². The first kappa shape index (κ1) is 11.3. The standard InChI is InChI=1S/C15H21N/c1-11(2)12(3)8-9-13-10-16-15-7-5-4-6-14(13)15/h4-7,10-12,16H,8-9H2,1-3H3. The highest BCUT2D eigenvalue weighted by Crippen LogP contribution is 2.22. The summed E-state index contributed by atoms with van der Waals surface area (Å²) in [5, 5.41) is 1.39. The molecule has 0 spiro atoms. The predicted octanol–water partition coefficient (Wildman–Crippen LogP) is 4.39. The monoisotopic (exact) mass is 215 g/mol. The van der Waals surface area contributed by atoms with E-state index in [0.29, 0.717) is 0 Å². The Balaban J connectivity index is 2.10. The Morgan fingerprint density at radius 2 is 1.88 bits per heavy atom. The fourth-order valence-corrected chi connectivity index (χ4v) is 2.05. The molecule has 1 aromatic heterocycles. The van der Waals surface area contributed by atoms with Crippen LogP contribution in [-0.2, 0) is 6.42 Å². The average molecular weight is 215 g/mol. The van der Waals surface area contributed by atoms with E-state index in [-0.39, 0.29) is 0 Å². The van der Waals surface area contributed by atoms with Crippen molar-refractivity contribution >= 4 is 10.9 Å². The molecule has 0 amide bonds. The van der Waals surface area contributed by atoms with Gasteiger partial charge in [-0.25, -0.2) is 0 Å². The van der Waals surface area contributed by atoms with Crippen molar-refractivity contribution in [3.8, 4) is 0 Å². The summed E-state index contributed by atoms with van der Waals surface area (Å²) in [4.78, 5) is 3.34. The summed E-state index contributed by atoms with van der Waals surface area (Å²) in [6.45, 7) is 6.96. The Morgan fingerprint density at radius 1 is 1.12 bits per heavy atom. The molecule has 0 saturated heterocycles. The number of aromatic amines is 1. The van der Waals surface area contributed by atoms with E-state index < -0.39 is 0 Å². The smallest absolute Gasteiger partial charge is 0.0456 e. The summed E-state index contributed by atoms with van der Waals surface area (Å²) in [6, 6.07) is 8.55. The molecule has 2 aromatic rings. The topological polar surface area (TPSA) is 15.8 Å². The molecule has 1 atom stereocenters. The first-order chi connectivity index (χ1) is 7.68. The SMILES string of the molecule is CC(C)C(C)CCc1c[nH]c2ccccc12. The predicted molar refractivity (Wildman–Crippen MR) is 70.6 cm³/mol. The van der Waals surface area contributed by atoms with E-state index in [9.17, 15) is 0 Å². The number of para-hydroxylation sites is 1. The molecule has 2 rings (SSSR count).